The van der Waals surface area contributed by atoms with Crippen LogP contribution in [-0.2, 0) is 11.3 Å². The van der Waals surface area contributed by atoms with Crippen LogP contribution in [0.2, 0.25) is 0 Å². The van der Waals surface area contributed by atoms with Gasteiger partial charge >= 0.3 is 0 Å². The standard InChI is InChI=1S/C26H21N3O3S/c1-17-11-13-23(33-17)25(31)28-21-10-6-9-20(15-21)26-29-22(18(2)32-26)16-27-24(30)14-12-19-7-4-3-5-8-19/h3-11,13,15H,16H2,1-2H3,(H,27,30)(H,28,31). The maximum absolute atomic E-state index is 12.4. The quantitative estimate of drug-likeness (QED) is 0.418. The van der Waals surface area contributed by atoms with Crippen LogP contribution in [0.1, 0.15) is 31.6 Å². The van der Waals surface area contributed by atoms with Crippen LogP contribution in [0.3, 0.4) is 0 Å². The number of benzene rings is 2. The number of oxazole rings is 1. The van der Waals surface area contributed by atoms with Crippen LogP contribution in [0, 0.1) is 25.7 Å². The molecule has 7 heteroatoms. The van der Waals surface area contributed by atoms with E-state index in [1.165, 1.54) is 11.3 Å². The third-order valence-corrected chi connectivity index (χ3v) is 5.73. The van der Waals surface area contributed by atoms with Gasteiger partial charge in [0.25, 0.3) is 11.8 Å². The largest absolute Gasteiger partial charge is 0.441 e. The summed E-state index contributed by atoms with van der Waals surface area (Å²) in [6, 6.07) is 20.3. The molecule has 4 rings (SSSR count). The van der Waals surface area contributed by atoms with Gasteiger partial charge in [0.15, 0.2) is 0 Å². The number of thiophene rings is 1. The number of hydrogen-bond acceptors (Lipinski definition) is 5. The summed E-state index contributed by atoms with van der Waals surface area (Å²) in [5.41, 5.74) is 2.75. The van der Waals surface area contributed by atoms with Gasteiger partial charge in [-0.15, -0.1) is 11.3 Å². The molecule has 0 spiro atoms. The number of aromatic nitrogens is 1. The molecule has 0 atom stereocenters. The molecule has 0 bridgehead atoms. The maximum atomic E-state index is 12.4. The Morgan fingerprint density at radius 2 is 1.85 bits per heavy atom. The van der Waals surface area contributed by atoms with Crippen LogP contribution < -0.4 is 10.6 Å². The monoisotopic (exact) mass is 455 g/mol. The summed E-state index contributed by atoms with van der Waals surface area (Å²) >= 11 is 1.44. The van der Waals surface area contributed by atoms with E-state index in [1.807, 2.05) is 61.5 Å². The van der Waals surface area contributed by atoms with Crippen molar-refractivity contribution in [3.05, 3.63) is 93.5 Å². The molecule has 4 aromatic rings. The minimum Gasteiger partial charge on any atom is -0.441 e. The first-order chi connectivity index (χ1) is 16.0. The van der Waals surface area contributed by atoms with Gasteiger partial charge in [-0.25, -0.2) is 4.98 Å². The van der Waals surface area contributed by atoms with E-state index in [9.17, 15) is 9.59 Å². The van der Waals surface area contributed by atoms with Gasteiger partial charge in [0.2, 0.25) is 5.89 Å². The Hall–Kier alpha value is -4.15. The van der Waals surface area contributed by atoms with Crippen molar-refractivity contribution in [3.63, 3.8) is 0 Å². The summed E-state index contributed by atoms with van der Waals surface area (Å²) in [4.78, 5) is 30.7. The highest BCUT2D eigenvalue weighted by Gasteiger charge is 2.14. The first-order valence-corrected chi connectivity index (χ1v) is 11.1. The number of rotatable bonds is 5. The lowest BCUT2D eigenvalue weighted by Gasteiger charge is -2.05. The first kappa shape index (κ1) is 22.1. The van der Waals surface area contributed by atoms with Crippen molar-refractivity contribution in [1.29, 1.82) is 0 Å². The van der Waals surface area contributed by atoms with E-state index in [0.29, 0.717) is 27.9 Å². The van der Waals surface area contributed by atoms with Crippen LogP contribution >= 0.6 is 11.3 Å². The fourth-order valence-electron chi connectivity index (χ4n) is 3.05. The zero-order chi connectivity index (χ0) is 23.2. The predicted molar refractivity (Wildman–Crippen MR) is 129 cm³/mol. The normalized spacial score (nSPS) is 10.2. The average molecular weight is 456 g/mol. The van der Waals surface area contributed by atoms with Crippen LogP contribution in [0.15, 0.2) is 71.1 Å². The number of hydrogen-bond donors (Lipinski definition) is 2. The van der Waals surface area contributed by atoms with E-state index < -0.39 is 5.91 Å². The third kappa shape index (κ3) is 5.76. The van der Waals surface area contributed by atoms with Crippen LogP contribution in [0.5, 0.6) is 0 Å². The molecule has 0 aliphatic heterocycles. The summed E-state index contributed by atoms with van der Waals surface area (Å²) in [6.45, 7) is 3.95. The molecular weight excluding hydrogens is 434 g/mol. The lowest BCUT2D eigenvalue weighted by molar-refractivity contribution is -0.115. The highest BCUT2D eigenvalue weighted by molar-refractivity contribution is 7.14. The van der Waals surface area contributed by atoms with Crippen molar-refractivity contribution in [3.8, 4) is 23.3 Å². The molecule has 2 aromatic heterocycles. The number of aryl methyl sites for hydroxylation is 2. The molecule has 0 fully saturated rings. The number of nitrogens with zero attached hydrogens (tertiary/aromatic N) is 1. The van der Waals surface area contributed by atoms with Crippen molar-refractivity contribution in [2.45, 2.75) is 20.4 Å². The van der Waals surface area contributed by atoms with Crippen molar-refractivity contribution in [1.82, 2.24) is 10.3 Å². The lowest BCUT2D eigenvalue weighted by Crippen LogP contribution is -2.21. The maximum Gasteiger partial charge on any atom is 0.296 e. The van der Waals surface area contributed by atoms with E-state index in [-0.39, 0.29) is 12.5 Å². The van der Waals surface area contributed by atoms with Gasteiger partial charge in [-0.3, -0.25) is 9.59 Å². The van der Waals surface area contributed by atoms with E-state index in [1.54, 1.807) is 19.1 Å². The van der Waals surface area contributed by atoms with E-state index in [0.717, 1.165) is 16.0 Å². The Labute approximate surface area is 195 Å². The molecule has 0 saturated heterocycles. The fourth-order valence-corrected chi connectivity index (χ4v) is 3.82. The molecule has 2 N–H and O–H groups in total. The smallest absolute Gasteiger partial charge is 0.296 e. The molecule has 2 heterocycles. The van der Waals surface area contributed by atoms with Gasteiger partial charge in [0.05, 0.1) is 11.4 Å². The molecule has 2 amide bonds. The van der Waals surface area contributed by atoms with Crippen molar-refractivity contribution >= 4 is 28.8 Å². The number of carbonyl (C=O) groups is 2. The topological polar surface area (TPSA) is 84.2 Å². The van der Waals surface area contributed by atoms with Gasteiger partial charge in [-0.05, 0) is 56.3 Å². The first-order valence-electron chi connectivity index (χ1n) is 10.3. The lowest BCUT2D eigenvalue weighted by atomic mass is 10.2. The van der Waals surface area contributed by atoms with Crippen LogP contribution in [0.4, 0.5) is 5.69 Å². The third-order valence-electron chi connectivity index (χ3n) is 4.73. The highest BCUT2D eigenvalue weighted by Crippen LogP contribution is 2.25. The molecule has 0 aliphatic carbocycles. The second-order valence-electron chi connectivity index (χ2n) is 7.27. The predicted octanol–water partition coefficient (Wildman–Crippen LogP) is 4.94. The number of carbonyl (C=O) groups excluding carboxylic acids is 2. The summed E-state index contributed by atoms with van der Waals surface area (Å²) in [6.07, 6.45) is 0. The summed E-state index contributed by atoms with van der Waals surface area (Å²) < 4.78 is 5.80. The molecule has 0 aliphatic rings. The van der Waals surface area contributed by atoms with Gasteiger partial charge in [-0.2, -0.15) is 0 Å². The molecule has 33 heavy (non-hydrogen) atoms. The Morgan fingerprint density at radius 3 is 2.61 bits per heavy atom. The second kappa shape index (κ2) is 9.98. The van der Waals surface area contributed by atoms with E-state index in [4.69, 9.17) is 4.42 Å². The number of nitrogens with one attached hydrogen (secondary N) is 2. The van der Waals surface area contributed by atoms with E-state index >= 15 is 0 Å². The minimum absolute atomic E-state index is 0.158. The van der Waals surface area contributed by atoms with Crippen LogP contribution in [-0.4, -0.2) is 16.8 Å². The minimum atomic E-state index is -0.392. The summed E-state index contributed by atoms with van der Waals surface area (Å²) in [5, 5.41) is 5.64. The Bertz CT molecular complexity index is 1360. The number of anilines is 1. The fraction of sp³-hybridized carbons (Fsp3) is 0.115. The zero-order valence-corrected chi connectivity index (χ0v) is 19.0. The van der Waals surface area contributed by atoms with Gasteiger partial charge in [0, 0.05) is 27.6 Å². The Kier molecular flexibility index (Phi) is 6.67. The molecule has 0 radical (unpaired) electrons. The molecule has 0 unspecified atom stereocenters. The van der Waals surface area contributed by atoms with Gasteiger partial charge in [0.1, 0.15) is 11.5 Å². The average Bonchev–Trinajstić information content (AvgIpc) is 3.42. The number of amides is 2. The van der Waals surface area contributed by atoms with E-state index in [2.05, 4.69) is 27.5 Å². The Morgan fingerprint density at radius 1 is 1.03 bits per heavy atom. The summed E-state index contributed by atoms with van der Waals surface area (Å²) in [7, 11) is 0. The van der Waals surface area contributed by atoms with Gasteiger partial charge < -0.3 is 15.1 Å². The molecular formula is C26H21N3O3S. The second-order valence-corrected chi connectivity index (χ2v) is 8.55. The Balaban J connectivity index is 1.41. The van der Waals surface area contributed by atoms with Gasteiger partial charge in [-0.1, -0.05) is 30.2 Å². The molecule has 0 saturated carbocycles. The highest BCUT2D eigenvalue weighted by atomic mass is 32.1. The molecule has 2 aromatic carbocycles. The molecule has 6 nitrogen and oxygen atoms in total. The van der Waals surface area contributed by atoms with Crippen LogP contribution in [0.25, 0.3) is 11.5 Å². The van der Waals surface area contributed by atoms with Crippen molar-refractivity contribution in [2.24, 2.45) is 0 Å². The van der Waals surface area contributed by atoms with Crippen molar-refractivity contribution in [2.75, 3.05) is 5.32 Å². The zero-order valence-electron chi connectivity index (χ0n) is 18.1. The molecule has 164 valence electrons. The van der Waals surface area contributed by atoms with Crippen molar-refractivity contribution < 1.29 is 14.0 Å². The summed E-state index contributed by atoms with van der Waals surface area (Å²) in [5.74, 6) is 5.85. The SMILES string of the molecule is Cc1ccc(C(=O)Nc2cccc(-c3nc(CNC(=O)C#Cc4ccccc4)c(C)o3)c2)s1.